The van der Waals surface area contributed by atoms with Crippen molar-refractivity contribution < 1.29 is 13.2 Å². The summed E-state index contributed by atoms with van der Waals surface area (Å²) in [5.41, 5.74) is 0. The quantitative estimate of drug-likeness (QED) is 0.308. The molecule has 0 amide bonds. The molecule has 0 saturated carbocycles. The number of piperidine rings is 1. The molecule has 0 radical (unpaired) electrons. The van der Waals surface area contributed by atoms with Gasteiger partial charge in [0.2, 0.25) is 10.0 Å². The minimum absolute atomic E-state index is 0. The predicted molar refractivity (Wildman–Crippen MR) is 121 cm³/mol. The van der Waals surface area contributed by atoms with E-state index in [1.54, 1.807) is 0 Å². The van der Waals surface area contributed by atoms with E-state index in [9.17, 15) is 8.42 Å². The van der Waals surface area contributed by atoms with Gasteiger partial charge >= 0.3 is 0 Å². The van der Waals surface area contributed by atoms with Crippen molar-refractivity contribution in [2.45, 2.75) is 52.6 Å². The van der Waals surface area contributed by atoms with Gasteiger partial charge in [-0.05, 0) is 44.4 Å². The highest BCUT2D eigenvalue weighted by atomic mass is 127. The molecule has 2 rings (SSSR count). The molecule has 2 aliphatic rings. The fraction of sp³-hybridized carbons (Fsp3) is 0.944. The number of halogens is 1. The molecule has 0 aliphatic carbocycles. The van der Waals surface area contributed by atoms with Crippen LogP contribution in [0.15, 0.2) is 4.99 Å². The van der Waals surface area contributed by atoms with Gasteiger partial charge in [-0.25, -0.2) is 13.1 Å². The number of rotatable bonds is 7. The topological polar surface area (TPSA) is 83.0 Å². The summed E-state index contributed by atoms with van der Waals surface area (Å²) in [4.78, 5) is 6.83. The summed E-state index contributed by atoms with van der Waals surface area (Å²) in [5.74, 6) is 2.09. The van der Waals surface area contributed by atoms with E-state index in [-0.39, 0.29) is 42.4 Å². The zero-order chi connectivity index (χ0) is 19.0. The van der Waals surface area contributed by atoms with Crippen LogP contribution >= 0.6 is 24.0 Å². The Morgan fingerprint density at radius 2 is 1.93 bits per heavy atom. The molecule has 3 unspecified atom stereocenters. The summed E-state index contributed by atoms with van der Waals surface area (Å²) < 4.78 is 32.7. The molecule has 0 spiro atoms. The fourth-order valence-electron chi connectivity index (χ4n) is 3.79. The smallest absolute Gasteiger partial charge is 0.213 e. The number of hydrogen-bond donors (Lipinski definition) is 2. The van der Waals surface area contributed by atoms with E-state index in [0.29, 0.717) is 18.4 Å². The van der Waals surface area contributed by atoms with Gasteiger partial charge in [0, 0.05) is 32.8 Å². The van der Waals surface area contributed by atoms with E-state index in [0.717, 1.165) is 51.5 Å². The van der Waals surface area contributed by atoms with Crippen molar-refractivity contribution in [3.8, 4) is 0 Å². The molecule has 0 aromatic heterocycles. The first-order valence-electron chi connectivity index (χ1n) is 10.0. The second kappa shape index (κ2) is 12.4. The Kier molecular flexibility index (Phi) is 11.5. The molecule has 2 N–H and O–H groups in total. The van der Waals surface area contributed by atoms with Crippen LogP contribution in [-0.2, 0) is 14.8 Å². The Bertz CT molecular complexity index is 543. The summed E-state index contributed by atoms with van der Waals surface area (Å²) in [5, 5.41) is 3.30. The highest BCUT2D eigenvalue weighted by Gasteiger charge is 2.24. The zero-order valence-corrected chi connectivity index (χ0v) is 20.1. The van der Waals surface area contributed by atoms with Crippen LogP contribution in [0.25, 0.3) is 0 Å². The molecule has 2 aliphatic heterocycles. The minimum Gasteiger partial charge on any atom is -0.377 e. The van der Waals surface area contributed by atoms with Crippen molar-refractivity contribution in [1.29, 1.82) is 0 Å². The van der Waals surface area contributed by atoms with Crippen LogP contribution in [0.2, 0.25) is 0 Å². The molecule has 3 atom stereocenters. The van der Waals surface area contributed by atoms with E-state index in [4.69, 9.17) is 4.74 Å². The Morgan fingerprint density at radius 3 is 2.52 bits per heavy atom. The number of likely N-dealkylation sites (tertiary alicyclic amines) is 1. The summed E-state index contributed by atoms with van der Waals surface area (Å²) in [6, 6.07) is 0. The fourth-order valence-corrected chi connectivity index (χ4v) is 4.71. The molecule has 2 heterocycles. The molecule has 27 heavy (non-hydrogen) atoms. The van der Waals surface area contributed by atoms with Crippen LogP contribution < -0.4 is 10.0 Å². The molecule has 160 valence electrons. The van der Waals surface area contributed by atoms with Crippen molar-refractivity contribution in [1.82, 2.24) is 14.9 Å². The van der Waals surface area contributed by atoms with Gasteiger partial charge in [-0.1, -0.05) is 13.8 Å². The van der Waals surface area contributed by atoms with Gasteiger partial charge in [-0.3, -0.25) is 4.99 Å². The SMILES string of the molecule is CCNC(=NCCS(=O)(=O)NCC1CCCCO1)N1CC(C)CC(C)C1.I. The lowest BCUT2D eigenvalue weighted by Gasteiger charge is -2.37. The molecule has 0 aromatic carbocycles. The van der Waals surface area contributed by atoms with Crippen molar-refractivity contribution in [3.05, 3.63) is 0 Å². The molecular formula is C18H37IN4O3S. The lowest BCUT2D eigenvalue weighted by molar-refractivity contribution is 0.0200. The standard InChI is InChI=1S/C18H36N4O3S.HI/c1-4-19-18(22-13-15(2)11-16(3)14-22)20-8-10-26(23,24)21-12-17-7-5-6-9-25-17;/h15-17,21H,4-14H2,1-3H3,(H,19,20);1H. The minimum atomic E-state index is -3.33. The van der Waals surface area contributed by atoms with Crippen molar-refractivity contribution in [2.75, 3.05) is 45.1 Å². The van der Waals surface area contributed by atoms with Crippen LogP contribution in [0, 0.1) is 11.8 Å². The zero-order valence-electron chi connectivity index (χ0n) is 16.9. The van der Waals surface area contributed by atoms with Crippen LogP contribution in [-0.4, -0.2) is 70.5 Å². The molecule has 2 fully saturated rings. The molecule has 2 saturated heterocycles. The molecule has 0 bridgehead atoms. The van der Waals surface area contributed by atoms with Gasteiger partial charge in [0.15, 0.2) is 5.96 Å². The van der Waals surface area contributed by atoms with E-state index >= 15 is 0 Å². The Labute approximate surface area is 182 Å². The Morgan fingerprint density at radius 1 is 1.22 bits per heavy atom. The Hall–Kier alpha value is -0.130. The number of aliphatic imine (C=N–C) groups is 1. The number of sulfonamides is 1. The van der Waals surface area contributed by atoms with Gasteiger partial charge in [-0.2, -0.15) is 0 Å². The number of guanidine groups is 1. The first-order valence-corrected chi connectivity index (χ1v) is 11.7. The molecule has 0 aromatic rings. The summed E-state index contributed by atoms with van der Waals surface area (Å²) in [7, 11) is -3.33. The van der Waals surface area contributed by atoms with Crippen LogP contribution in [0.1, 0.15) is 46.5 Å². The number of nitrogens with one attached hydrogen (secondary N) is 2. The van der Waals surface area contributed by atoms with Crippen molar-refractivity contribution in [2.24, 2.45) is 16.8 Å². The van der Waals surface area contributed by atoms with Gasteiger partial charge in [0.25, 0.3) is 0 Å². The molecular weight excluding hydrogens is 479 g/mol. The third-order valence-electron chi connectivity index (χ3n) is 4.93. The second-order valence-corrected chi connectivity index (χ2v) is 9.67. The van der Waals surface area contributed by atoms with E-state index < -0.39 is 10.0 Å². The number of hydrogen-bond acceptors (Lipinski definition) is 4. The molecule has 7 nitrogen and oxygen atoms in total. The van der Waals surface area contributed by atoms with Crippen molar-refractivity contribution in [3.63, 3.8) is 0 Å². The average molecular weight is 516 g/mol. The lowest BCUT2D eigenvalue weighted by Crippen LogP contribution is -2.48. The second-order valence-electron chi connectivity index (χ2n) is 7.74. The average Bonchev–Trinajstić information content (AvgIpc) is 2.59. The third kappa shape index (κ3) is 9.27. The van der Waals surface area contributed by atoms with Gasteiger partial charge in [0.05, 0.1) is 18.4 Å². The largest absolute Gasteiger partial charge is 0.377 e. The monoisotopic (exact) mass is 516 g/mol. The number of nitrogens with zero attached hydrogens (tertiary/aromatic N) is 2. The maximum Gasteiger partial charge on any atom is 0.213 e. The van der Waals surface area contributed by atoms with E-state index in [1.165, 1.54) is 6.42 Å². The predicted octanol–water partition coefficient (Wildman–Crippen LogP) is 2.04. The van der Waals surface area contributed by atoms with Gasteiger partial charge < -0.3 is 15.0 Å². The lowest BCUT2D eigenvalue weighted by atomic mass is 9.92. The van der Waals surface area contributed by atoms with Gasteiger partial charge in [-0.15, -0.1) is 24.0 Å². The van der Waals surface area contributed by atoms with Crippen LogP contribution in [0.5, 0.6) is 0 Å². The highest BCUT2D eigenvalue weighted by Crippen LogP contribution is 2.20. The van der Waals surface area contributed by atoms with E-state index in [2.05, 4.69) is 33.8 Å². The van der Waals surface area contributed by atoms with Crippen LogP contribution in [0.3, 0.4) is 0 Å². The number of ether oxygens (including phenoxy) is 1. The van der Waals surface area contributed by atoms with Crippen molar-refractivity contribution >= 4 is 40.0 Å². The third-order valence-corrected chi connectivity index (χ3v) is 6.26. The van der Waals surface area contributed by atoms with Gasteiger partial charge in [0.1, 0.15) is 0 Å². The first kappa shape index (κ1) is 24.9. The molecule has 9 heteroatoms. The van der Waals surface area contributed by atoms with Crippen LogP contribution in [0.4, 0.5) is 0 Å². The highest BCUT2D eigenvalue weighted by molar-refractivity contribution is 14.0. The summed E-state index contributed by atoms with van der Waals surface area (Å²) >= 11 is 0. The summed E-state index contributed by atoms with van der Waals surface area (Å²) in [6.45, 7) is 10.6. The van der Waals surface area contributed by atoms with E-state index in [1.807, 2.05) is 6.92 Å². The maximum absolute atomic E-state index is 12.2. The Balaban J connectivity index is 0.00000364. The maximum atomic E-state index is 12.2. The summed E-state index contributed by atoms with van der Waals surface area (Å²) in [6.07, 6.45) is 4.35. The first-order chi connectivity index (χ1) is 12.4. The normalized spacial score (nSPS) is 27.1.